The number of benzene rings is 8. The summed E-state index contributed by atoms with van der Waals surface area (Å²) in [6, 6.07) is 68.4. The fraction of sp³-hybridized carbons (Fsp3) is 0.167. The van der Waals surface area contributed by atoms with Crippen LogP contribution in [0.2, 0.25) is 0 Å². The molecule has 0 bridgehead atoms. The molecule has 10 nitrogen and oxygen atoms in total. The molecule has 12 heteroatoms. The Morgan fingerprint density at radius 1 is 0.512 bits per heavy atom. The highest BCUT2D eigenvalue weighted by atomic mass is 16.5. The molecule has 0 aliphatic carbocycles. The predicted octanol–water partition coefficient (Wildman–Crippen LogP) is 12.5. The molecular formula is C72H62B2N6O4. The summed E-state index contributed by atoms with van der Waals surface area (Å²) >= 11 is 0. The molecule has 0 radical (unpaired) electrons. The number of aryl methyl sites for hydroxylation is 4. The summed E-state index contributed by atoms with van der Waals surface area (Å²) in [4.78, 5) is 15.0. The average molecular weight is 1100 g/mol. The molecule has 0 saturated heterocycles. The highest BCUT2D eigenvalue weighted by molar-refractivity contribution is 6.85. The zero-order chi connectivity index (χ0) is 58.2. The summed E-state index contributed by atoms with van der Waals surface area (Å²) in [5, 5.41) is 14.9. The van der Waals surface area contributed by atoms with E-state index < -0.39 is 13.7 Å². The van der Waals surface area contributed by atoms with Crippen LogP contribution in [0.25, 0.3) is 71.6 Å². The van der Waals surface area contributed by atoms with Crippen molar-refractivity contribution in [3.8, 4) is 40.1 Å². The van der Waals surface area contributed by atoms with Gasteiger partial charge in [0.25, 0.3) is 5.70 Å². The van der Waals surface area contributed by atoms with Gasteiger partial charge in [-0.2, -0.15) is 5.26 Å². The van der Waals surface area contributed by atoms with Crippen molar-refractivity contribution in [3.05, 3.63) is 250 Å². The summed E-state index contributed by atoms with van der Waals surface area (Å²) < 4.78 is 31.5. The summed E-state index contributed by atoms with van der Waals surface area (Å²) in [6.45, 7) is 26.5. The smallest absolute Gasteiger partial charge is 0.328 e. The fourth-order valence-electron chi connectivity index (χ4n) is 11.7. The van der Waals surface area contributed by atoms with Crippen molar-refractivity contribution in [2.75, 3.05) is 13.2 Å². The first-order valence-electron chi connectivity index (χ1n) is 28.7. The first-order chi connectivity index (χ1) is 40.9. The lowest BCUT2D eigenvalue weighted by Crippen LogP contribution is -2.54. The second-order valence-electron chi connectivity index (χ2n) is 22.5. The number of hydrogen-bond acceptors (Lipinski definition) is 7. The van der Waals surface area contributed by atoms with E-state index in [1.807, 2.05) is 72.8 Å². The Bertz CT molecular complexity index is 4200. The minimum Gasteiger partial charge on any atom is -0.493 e. The Morgan fingerprint density at radius 3 is 1.27 bits per heavy atom. The normalized spacial score (nSPS) is 12.2. The Kier molecular flexibility index (Phi) is 15.0. The van der Waals surface area contributed by atoms with E-state index in [1.165, 1.54) is 0 Å². The van der Waals surface area contributed by atoms with Crippen molar-refractivity contribution in [1.82, 2.24) is 18.9 Å². The number of aromatic nitrogens is 4. The van der Waals surface area contributed by atoms with E-state index >= 15 is 0 Å². The summed E-state index contributed by atoms with van der Waals surface area (Å²) in [5.41, 5.74) is 13.4. The number of nitrogens with zero attached hydrogens (tertiary/aromatic N) is 6. The van der Waals surface area contributed by atoms with E-state index in [2.05, 4.69) is 197 Å². The summed E-state index contributed by atoms with van der Waals surface area (Å²) in [6.07, 6.45) is 0. The molecular weight excluding hydrogens is 1030 g/mol. The van der Waals surface area contributed by atoms with Gasteiger partial charge in [-0.1, -0.05) is 195 Å². The van der Waals surface area contributed by atoms with Crippen LogP contribution in [0.3, 0.4) is 0 Å². The highest BCUT2D eigenvalue weighted by Gasteiger charge is 2.39. The van der Waals surface area contributed by atoms with Gasteiger partial charge in [-0.05, 0) is 110 Å². The maximum atomic E-state index is 12.4. The molecule has 0 N–H and O–H groups in total. The van der Waals surface area contributed by atoms with Crippen LogP contribution < -0.4 is 42.0 Å². The number of nitriles is 1. The Morgan fingerprint density at radius 2 is 0.881 bits per heavy atom. The van der Waals surface area contributed by atoms with Crippen LogP contribution in [-0.4, -0.2) is 45.8 Å². The second kappa shape index (κ2) is 23.1. The van der Waals surface area contributed by atoms with E-state index in [1.54, 1.807) is 0 Å². The van der Waals surface area contributed by atoms with Crippen LogP contribution in [0.5, 0.6) is 11.5 Å². The van der Waals surface area contributed by atoms with Gasteiger partial charge in [-0.15, -0.1) is 0 Å². The van der Waals surface area contributed by atoms with Gasteiger partial charge in [0.15, 0.2) is 11.2 Å². The van der Waals surface area contributed by atoms with Crippen molar-refractivity contribution >= 4 is 79.8 Å². The van der Waals surface area contributed by atoms with Gasteiger partial charge in [0.2, 0.25) is 11.8 Å². The largest absolute Gasteiger partial charge is 0.493 e. The Hall–Kier alpha value is -10.0. The fourth-order valence-corrected chi connectivity index (χ4v) is 11.7. The molecule has 0 fully saturated rings. The van der Waals surface area contributed by atoms with Gasteiger partial charge in [-0.3, -0.25) is 0 Å². The Balaban J connectivity index is 1.45. The van der Waals surface area contributed by atoms with Crippen LogP contribution in [0.4, 0.5) is 0 Å². The lowest BCUT2D eigenvalue weighted by atomic mass is 9.50. The minimum absolute atomic E-state index is 0.151. The quantitative estimate of drug-likeness (QED) is 0.0700. The van der Waals surface area contributed by atoms with Crippen molar-refractivity contribution < 1.29 is 18.3 Å². The third-order valence-electron chi connectivity index (χ3n) is 15.5. The van der Waals surface area contributed by atoms with Gasteiger partial charge in [0.05, 0.1) is 30.5 Å². The second-order valence-corrected chi connectivity index (χ2v) is 22.5. The zero-order valence-electron chi connectivity index (χ0n) is 48.5. The maximum absolute atomic E-state index is 12.4. The summed E-state index contributed by atoms with van der Waals surface area (Å²) in [5.74, 6) is 2.42. The molecule has 0 amide bonds. The third kappa shape index (κ3) is 10.0. The molecule has 0 atom stereocenters. The van der Waals surface area contributed by atoms with Crippen LogP contribution in [0.1, 0.15) is 61.7 Å². The van der Waals surface area contributed by atoms with Crippen LogP contribution in [0.15, 0.2) is 203 Å². The van der Waals surface area contributed by atoms with E-state index in [0.717, 1.165) is 78.1 Å². The molecule has 4 aromatic heterocycles. The van der Waals surface area contributed by atoms with Crippen molar-refractivity contribution in [2.45, 2.75) is 55.4 Å². The van der Waals surface area contributed by atoms with E-state index in [0.29, 0.717) is 56.9 Å². The molecule has 0 aliphatic rings. The van der Waals surface area contributed by atoms with Crippen LogP contribution >= 0.6 is 0 Å². The number of oxazole rings is 2. The average Bonchev–Trinajstić information content (AvgIpc) is 1.58. The first-order valence-corrected chi connectivity index (χ1v) is 28.7. The highest BCUT2D eigenvalue weighted by Crippen LogP contribution is 2.42. The van der Waals surface area contributed by atoms with Crippen molar-refractivity contribution in [1.29, 1.82) is 5.26 Å². The molecule has 8 aromatic carbocycles. The molecule has 410 valence electrons. The summed E-state index contributed by atoms with van der Waals surface area (Å²) in [7, 11) is 0. The molecule has 4 heterocycles. The number of rotatable bonds is 16. The van der Waals surface area contributed by atoms with E-state index in [4.69, 9.17) is 28.3 Å². The van der Waals surface area contributed by atoms with Crippen LogP contribution in [0, 0.1) is 57.4 Å². The monoisotopic (exact) mass is 1100 g/mol. The van der Waals surface area contributed by atoms with Gasteiger partial charge in [0.1, 0.15) is 34.2 Å². The number of ether oxygens (including phenoxy) is 2. The molecule has 12 aromatic rings. The van der Waals surface area contributed by atoms with Crippen molar-refractivity contribution in [2.24, 2.45) is 11.8 Å². The maximum Gasteiger partial charge on any atom is 0.328 e. The molecule has 12 rings (SSSR count). The first kappa shape index (κ1) is 54.6. The number of fused-ring (bicyclic) bond motifs is 3. The van der Waals surface area contributed by atoms with Gasteiger partial charge in [0, 0.05) is 33.3 Å². The Labute approximate surface area is 490 Å². The number of para-hydroxylation sites is 4. The van der Waals surface area contributed by atoms with E-state index in [9.17, 15) is 11.8 Å². The predicted molar refractivity (Wildman–Crippen MR) is 342 cm³/mol. The topological polar surface area (TPSA) is 109 Å². The van der Waals surface area contributed by atoms with Crippen LogP contribution in [-0.2, 0) is 0 Å². The van der Waals surface area contributed by atoms with Gasteiger partial charge >= 0.3 is 13.7 Å². The zero-order valence-corrected chi connectivity index (χ0v) is 48.5. The molecule has 0 unspecified atom stereocenters. The molecule has 84 heavy (non-hydrogen) atoms. The van der Waals surface area contributed by atoms with Crippen molar-refractivity contribution in [3.63, 3.8) is 0 Å². The standard InChI is InChI=1S/C72H62B2N6O4/c1-45(2)43-81-62-40-47(5)55(38-49(62)7)67-64-65(70(66(76-9)72-78-59-35-23-25-37-61(59)84-72)80(67)74(53-30-18-12-19-31-53)54-32-20-13-21-33-54)68(56-39-50(8)63(41-48(56)6)82-44-46(3)4)79(73(51-26-14-10-15-27-51)52-28-16-11-17-29-52)69(64)57(42-75)71-77-58-34-22-24-36-60(58)83-71/h10-41,45-46H,43-44H2,1-8H3/b69-57-,70-66+. The van der Waals surface area contributed by atoms with E-state index in [-0.39, 0.29) is 34.9 Å². The van der Waals surface area contributed by atoms with Gasteiger partial charge in [-0.25, -0.2) is 14.8 Å². The lowest BCUT2D eigenvalue weighted by molar-refractivity contribution is 0.269. The SMILES string of the molecule is [C-]#[N+]/C(c1nc2ccccc2o1)=c1\c2c(-c3cc(C)c(OCC(C)C)cc3C)n(B(c3ccccc3)c3ccccc3)/c(=C(/C#N)c3nc4ccccc4o3)c2c(-c2cc(C)c(OCC(C)C)cc2C)n1B(c1ccccc1)c1ccccc1. The number of hydrogen-bond donors (Lipinski definition) is 0. The molecule has 0 saturated carbocycles. The minimum atomic E-state index is -0.599. The third-order valence-corrected chi connectivity index (χ3v) is 15.5. The molecule has 0 aliphatic heterocycles. The lowest BCUT2D eigenvalue weighted by Gasteiger charge is -2.25. The van der Waals surface area contributed by atoms with Gasteiger partial charge < -0.3 is 27.3 Å². The molecule has 0 spiro atoms.